The Balaban J connectivity index is 1.93. The van der Waals surface area contributed by atoms with Gasteiger partial charge in [0.05, 0.1) is 7.11 Å². The van der Waals surface area contributed by atoms with Crippen molar-refractivity contribution >= 4 is 0 Å². The normalized spacial score (nSPS) is 18.6. The molecule has 2 rings (SSSR count). The minimum atomic E-state index is 0.904. The molecule has 1 aliphatic heterocycles. The van der Waals surface area contributed by atoms with E-state index in [1.54, 1.807) is 7.11 Å². The second-order valence-corrected chi connectivity index (χ2v) is 4.81. The third-order valence-corrected chi connectivity index (χ3v) is 3.42. The van der Waals surface area contributed by atoms with Gasteiger partial charge in [0.2, 0.25) is 0 Å². The average Bonchev–Trinajstić information content (AvgIpc) is 2.32. The first-order chi connectivity index (χ1) is 7.78. The molecule has 1 aromatic rings. The number of nitrogens with zero attached hydrogens (tertiary/aromatic N) is 1. The summed E-state index contributed by atoms with van der Waals surface area (Å²) in [5.41, 5.74) is 1.36. The highest BCUT2D eigenvalue weighted by molar-refractivity contribution is 5.28. The fourth-order valence-electron chi connectivity index (χ4n) is 2.25. The second kappa shape index (κ2) is 5.35. The maximum absolute atomic E-state index is 5.24. The van der Waals surface area contributed by atoms with Crippen LogP contribution in [0.1, 0.15) is 25.3 Å². The second-order valence-electron chi connectivity index (χ2n) is 4.81. The first kappa shape index (κ1) is 11.5. The van der Waals surface area contributed by atoms with Gasteiger partial charge in [-0.1, -0.05) is 19.1 Å². The summed E-state index contributed by atoms with van der Waals surface area (Å²) < 4.78 is 5.24. The molecule has 0 spiro atoms. The van der Waals surface area contributed by atoms with Crippen molar-refractivity contribution in [1.82, 2.24) is 4.90 Å². The van der Waals surface area contributed by atoms with Gasteiger partial charge in [0.25, 0.3) is 0 Å². The fraction of sp³-hybridized carbons (Fsp3) is 0.571. The number of hydrogen-bond acceptors (Lipinski definition) is 2. The van der Waals surface area contributed by atoms with Crippen molar-refractivity contribution in [3.63, 3.8) is 0 Å². The minimum Gasteiger partial charge on any atom is -0.497 e. The summed E-state index contributed by atoms with van der Waals surface area (Å²) in [6.07, 6.45) is 2.67. The number of benzene rings is 1. The van der Waals surface area contributed by atoms with Crippen molar-refractivity contribution in [3.8, 4) is 5.75 Å². The Kier molecular flexibility index (Phi) is 3.83. The molecule has 2 heteroatoms. The lowest BCUT2D eigenvalue weighted by atomic mass is 9.99. The zero-order valence-corrected chi connectivity index (χ0v) is 10.3. The predicted molar refractivity (Wildman–Crippen MR) is 66.7 cm³/mol. The third-order valence-electron chi connectivity index (χ3n) is 3.42. The Morgan fingerprint density at radius 2 is 2.06 bits per heavy atom. The van der Waals surface area contributed by atoms with Gasteiger partial charge in [0.1, 0.15) is 5.75 Å². The number of rotatable bonds is 3. The molecule has 0 atom stereocenters. The Morgan fingerprint density at radius 3 is 2.75 bits per heavy atom. The van der Waals surface area contributed by atoms with Crippen LogP contribution in [0.15, 0.2) is 24.3 Å². The van der Waals surface area contributed by atoms with Crippen molar-refractivity contribution in [2.24, 2.45) is 5.92 Å². The molecule has 0 aliphatic carbocycles. The van der Waals surface area contributed by atoms with E-state index in [4.69, 9.17) is 4.74 Å². The van der Waals surface area contributed by atoms with Crippen LogP contribution < -0.4 is 4.74 Å². The summed E-state index contributed by atoms with van der Waals surface area (Å²) in [6.45, 7) is 5.88. The predicted octanol–water partition coefficient (Wildman–Crippen LogP) is 2.93. The van der Waals surface area contributed by atoms with E-state index in [1.807, 2.05) is 6.07 Å². The van der Waals surface area contributed by atoms with Crippen LogP contribution in [0.5, 0.6) is 5.75 Å². The van der Waals surface area contributed by atoms with Crippen molar-refractivity contribution in [2.45, 2.75) is 26.3 Å². The maximum atomic E-state index is 5.24. The standard InChI is InChI=1S/C14H21NO/c1-12-6-8-15(9-7-12)11-13-4-3-5-14(10-13)16-2/h3-5,10,12H,6-9,11H2,1-2H3. The van der Waals surface area contributed by atoms with Crippen LogP contribution in [-0.2, 0) is 6.54 Å². The maximum Gasteiger partial charge on any atom is 0.119 e. The zero-order valence-electron chi connectivity index (χ0n) is 10.3. The molecule has 1 fully saturated rings. The summed E-state index contributed by atoms with van der Waals surface area (Å²) in [5, 5.41) is 0. The van der Waals surface area contributed by atoms with Crippen LogP contribution in [0.2, 0.25) is 0 Å². The first-order valence-corrected chi connectivity index (χ1v) is 6.13. The van der Waals surface area contributed by atoms with Gasteiger partial charge in [-0.05, 0) is 49.5 Å². The van der Waals surface area contributed by atoms with E-state index in [0.717, 1.165) is 18.2 Å². The summed E-state index contributed by atoms with van der Waals surface area (Å²) in [6, 6.07) is 8.39. The largest absolute Gasteiger partial charge is 0.497 e. The molecule has 0 radical (unpaired) electrons. The van der Waals surface area contributed by atoms with Gasteiger partial charge in [-0.25, -0.2) is 0 Å². The molecule has 0 amide bonds. The minimum absolute atomic E-state index is 0.904. The highest BCUT2D eigenvalue weighted by atomic mass is 16.5. The number of hydrogen-bond donors (Lipinski definition) is 0. The average molecular weight is 219 g/mol. The molecule has 88 valence electrons. The molecule has 2 nitrogen and oxygen atoms in total. The van der Waals surface area contributed by atoms with Crippen molar-refractivity contribution < 1.29 is 4.74 Å². The first-order valence-electron chi connectivity index (χ1n) is 6.13. The van der Waals surface area contributed by atoms with Crippen molar-refractivity contribution in [3.05, 3.63) is 29.8 Å². The van der Waals surface area contributed by atoms with E-state index in [9.17, 15) is 0 Å². The SMILES string of the molecule is COc1cccc(CN2CCC(C)CC2)c1. The molecule has 0 unspecified atom stereocenters. The molecule has 0 N–H and O–H groups in total. The van der Waals surface area contributed by atoms with Gasteiger partial charge in [-0.3, -0.25) is 4.90 Å². The fourth-order valence-corrected chi connectivity index (χ4v) is 2.25. The molecule has 0 saturated carbocycles. The molecule has 1 aliphatic rings. The van der Waals surface area contributed by atoms with E-state index >= 15 is 0 Å². The Labute approximate surface area is 98.2 Å². The third kappa shape index (κ3) is 2.99. The number of likely N-dealkylation sites (tertiary alicyclic amines) is 1. The van der Waals surface area contributed by atoms with Gasteiger partial charge in [0.15, 0.2) is 0 Å². The molecule has 0 bridgehead atoms. The van der Waals surface area contributed by atoms with Gasteiger partial charge in [-0.2, -0.15) is 0 Å². The van der Waals surface area contributed by atoms with Crippen LogP contribution in [0.4, 0.5) is 0 Å². The van der Waals surface area contributed by atoms with Gasteiger partial charge in [0, 0.05) is 6.54 Å². The summed E-state index contributed by atoms with van der Waals surface area (Å²) in [5.74, 6) is 1.87. The summed E-state index contributed by atoms with van der Waals surface area (Å²) >= 11 is 0. The lowest BCUT2D eigenvalue weighted by molar-refractivity contribution is 0.185. The molecule has 16 heavy (non-hydrogen) atoms. The number of methoxy groups -OCH3 is 1. The van der Waals surface area contributed by atoms with Crippen LogP contribution in [0.25, 0.3) is 0 Å². The van der Waals surface area contributed by atoms with Crippen LogP contribution in [0, 0.1) is 5.92 Å². The lowest BCUT2D eigenvalue weighted by Crippen LogP contribution is -2.32. The smallest absolute Gasteiger partial charge is 0.119 e. The van der Waals surface area contributed by atoms with Crippen LogP contribution in [0.3, 0.4) is 0 Å². The van der Waals surface area contributed by atoms with E-state index < -0.39 is 0 Å². The summed E-state index contributed by atoms with van der Waals surface area (Å²) in [4.78, 5) is 2.54. The van der Waals surface area contributed by atoms with Gasteiger partial charge in [-0.15, -0.1) is 0 Å². The molecule has 0 aromatic heterocycles. The number of piperidine rings is 1. The van der Waals surface area contributed by atoms with Crippen LogP contribution >= 0.6 is 0 Å². The monoisotopic (exact) mass is 219 g/mol. The van der Waals surface area contributed by atoms with Crippen molar-refractivity contribution in [1.29, 1.82) is 0 Å². The molecule has 1 aromatic carbocycles. The Bertz CT molecular complexity index is 329. The van der Waals surface area contributed by atoms with Crippen LogP contribution in [-0.4, -0.2) is 25.1 Å². The van der Waals surface area contributed by atoms with Gasteiger partial charge < -0.3 is 4.74 Å². The van der Waals surface area contributed by atoms with Crippen molar-refractivity contribution in [2.75, 3.05) is 20.2 Å². The molecular weight excluding hydrogens is 198 g/mol. The zero-order chi connectivity index (χ0) is 11.4. The van der Waals surface area contributed by atoms with E-state index in [2.05, 4.69) is 30.0 Å². The Hall–Kier alpha value is -1.02. The highest BCUT2D eigenvalue weighted by Crippen LogP contribution is 2.19. The van der Waals surface area contributed by atoms with Gasteiger partial charge >= 0.3 is 0 Å². The summed E-state index contributed by atoms with van der Waals surface area (Å²) in [7, 11) is 1.72. The van der Waals surface area contributed by atoms with E-state index in [0.29, 0.717) is 0 Å². The lowest BCUT2D eigenvalue weighted by Gasteiger charge is -2.30. The Morgan fingerprint density at radius 1 is 1.31 bits per heavy atom. The molecule has 1 heterocycles. The van der Waals surface area contributed by atoms with E-state index in [1.165, 1.54) is 31.5 Å². The topological polar surface area (TPSA) is 12.5 Å². The highest BCUT2D eigenvalue weighted by Gasteiger charge is 2.15. The quantitative estimate of drug-likeness (QED) is 0.775. The molecular formula is C14H21NO. The number of ether oxygens (including phenoxy) is 1. The van der Waals surface area contributed by atoms with E-state index in [-0.39, 0.29) is 0 Å². The molecule has 1 saturated heterocycles.